The molecule has 0 spiro atoms. The van der Waals surface area contributed by atoms with Gasteiger partial charge in [-0.3, -0.25) is 9.36 Å². The van der Waals surface area contributed by atoms with Gasteiger partial charge in [0.15, 0.2) is 11.4 Å². The van der Waals surface area contributed by atoms with Gasteiger partial charge in [0.25, 0.3) is 0 Å². The largest absolute Gasteiger partial charge is 0.420 e. The fraction of sp³-hybridized carbons (Fsp3) is 0.125. The molecule has 106 valence electrons. The van der Waals surface area contributed by atoms with E-state index in [0.717, 1.165) is 5.56 Å². The summed E-state index contributed by atoms with van der Waals surface area (Å²) in [6.45, 7) is 1.80. The molecule has 21 heavy (non-hydrogen) atoms. The third kappa shape index (κ3) is 2.50. The molecule has 1 heterocycles. The molecule has 0 aliphatic rings. The number of aromatic nitrogens is 1. The molecule has 2 aromatic carbocycles. The summed E-state index contributed by atoms with van der Waals surface area (Å²) < 4.78 is 6.71. The first kappa shape index (κ1) is 13.6. The molecule has 4 nitrogen and oxygen atoms in total. The van der Waals surface area contributed by atoms with Crippen molar-refractivity contribution in [3.8, 4) is 0 Å². The van der Waals surface area contributed by atoms with Crippen LogP contribution in [0.5, 0.6) is 0 Å². The smallest absolute Gasteiger partial charge is 0.408 e. The topological polar surface area (TPSA) is 52.2 Å². The number of nitrogens with zero attached hydrogens (tertiary/aromatic N) is 1. The molecule has 0 unspecified atom stereocenters. The average Bonchev–Trinajstić information content (AvgIpc) is 2.76. The maximum atomic E-state index is 12.0. The van der Waals surface area contributed by atoms with E-state index in [4.69, 9.17) is 16.0 Å². The zero-order valence-corrected chi connectivity index (χ0v) is 12.1. The summed E-state index contributed by atoms with van der Waals surface area (Å²) in [5.74, 6) is -0.538. The van der Waals surface area contributed by atoms with Gasteiger partial charge in [0.2, 0.25) is 0 Å². The molecule has 0 radical (unpaired) electrons. The predicted molar refractivity (Wildman–Crippen MR) is 81.0 cm³/mol. The number of hydrogen-bond acceptors (Lipinski definition) is 3. The van der Waals surface area contributed by atoms with Crippen molar-refractivity contribution in [1.29, 1.82) is 0 Å². The first-order valence-corrected chi connectivity index (χ1v) is 6.82. The Labute approximate surface area is 125 Å². The van der Waals surface area contributed by atoms with Crippen LogP contribution in [0.4, 0.5) is 0 Å². The minimum absolute atomic E-state index is 0.0709. The Morgan fingerprint density at radius 3 is 2.71 bits per heavy atom. The number of benzene rings is 2. The molecule has 3 rings (SSSR count). The van der Waals surface area contributed by atoms with E-state index in [2.05, 4.69) is 0 Å². The molecule has 0 atom stereocenters. The third-order valence-electron chi connectivity index (χ3n) is 3.36. The lowest BCUT2D eigenvalue weighted by Gasteiger charge is -2.05. The van der Waals surface area contributed by atoms with E-state index in [1.807, 2.05) is 18.2 Å². The molecule has 0 fully saturated rings. The minimum Gasteiger partial charge on any atom is -0.408 e. The normalized spacial score (nSPS) is 11.0. The summed E-state index contributed by atoms with van der Waals surface area (Å²) in [6.07, 6.45) is 0. The highest BCUT2D eigenvalue weighted by atomic mass is 35.5. The number of Topliss-reactive ketones (excluding diaryl/α,β-unsaturated/α-hetero) is 1. The van der Waals surface area contributed by atoms with Crippen molar-refractivity contribution in [2.24, 2.45) is 0 Å². The predicted octanol–water partition coefficient (Wildman–Crippen LogP) is 3.50. The molecule has 0 N–H and O–H groups in total. The zero-order valence-electron chi connectivity index (χ0n) is 11.3. The van der Waals surface area contributed by atoms with Crippen molar-refractivity contribution in [3.05, 3.63) is 69.2 Å². The van der Waals surface area contributed by atoms with Crippen LogP contribution in [0.15, 0.2) is 51.7 Å². The number of rotatable bonds is 3. The molecule has 3 aromatic rings. The van der Waals surface area contributed by atoms with Gasteiger partial charge < -0.3 is 4.42 Å². The highest BCUT2D eigenvalue weighted by molar-refractivity contribution is 6.31. The van der Waals surface area contributed by atoms with E-state index in [1.165, 1.54) is 11.5 Å². The number of carbonyl (C=O) groups is 1. The van der Waals surface area contributed by atoms with Crippen LogP contribution in [0.25, 0.3) is 11.1 Å². The lowest BCUT2D eigenvalue weighted by Crippen LogP contribution is -2.15. The molecule has 5 heteroatoms. The Morgan fingerprint density at radius 2 is 2.00 bits per heavy atom. The first-order valence-electron chi connectivity index (χ1n) is 6.44. The van der Waals surface area contributed by atoms with E-state index in [-0.39, 0.29) is 5.78 Å². The second kappa shape index (κ2) is 5.22. The van der Waals surface area contributed by atoms with Gasteiger partial charge in [-0.1, -0.05) is 29.8 Å². The number of ketones is 1. The summed E-state index contributed by atoms with van der Waals surface area (Å²) in [6, 6.07) is 12.3. The van der Waals surface area contributed by atoms with Crippen molar-refractivity contribution in [2.75, 3.05) is 0 Å². The second-order valence-electron chi connectivity index (χ2n) is 4.78. The van der Waals surface area contributed by atoms with Gasteiger partial charge in [-0.05, 0) is 36.8 Å². The van der Waals surface area contributed by atoms with E-state index >= 15 is 0 Å². The summed E-state index contributed by atoms with van der Waals surface area (Å²) in [4.78, 5) is 23.4. The zero-order chi connectivity index (χ0) is 15.0. The Hall–Kier alpha value is -2.33. The van der Waals surface area contributed by atoms with Crippen molar-refractivity contribution >= 4 is 28.5 Å². The van der Waals surface area contributed by atoms with Crippen molar-refractivity contribution in [3.63, 3.8) is 0 Å². The quantitative estimate of drug-likeness (QED) is 0.696. The number of hydrogen-bond donors (Lipinski definition) is 0. The van der Waals surface area contributed by atoms with Gasteiger partial charge in [0.05, 0.1) is 12.1 Å². The van der Waals surface area contributed by atoms with Gasteiger partial charge in [-0.15, -0.1) is 0 Å². The highest BCUT2D eigenvalue weighted by Crippen LogP contribution is 2.20. The highest BCUT2D eigenvalue weighted by Gasteiger charge is 2.12. The molecule has 0 saturated carbocycles. The lowest BCUT2D eigenvalue weighted by atomic mass is 10.1. The molecule has 1 aromatic heterocycles. The second-order valence-corrected chi connectivity index (χ2v) is 5.19. The monoisotopic (exact) mass is 301 g/mol. The maximum absolute atomic E-state index is 12.0. The van der Waals surface area contributed by atoms with Gasteiger partial charge in [0, 0.05) is 10.6 Å². The number of oxazole rings is 1. The van der Waals surface area contributed by atoms with Crippen LogP contribution in [-0.4, -0.2) is 10.4 Å². The molecular formula is C16H12ClNO3. The van der Waals surface area contributed by atoms with Crippen LogP contribution in [0.2, 0.25) is 5.02 Å². The Bertz CT molecular complexity index is 892. The summed E-state index contributed by atoms with van der Waals surface area (Å²) >= 11 is 6.12. The molecule has 0 amide bonds. The standard InChI is InChI=1S/C16H12ClNO3/c1-10(19)11-6-7-14-15(8-11)21-16(20)18(14)9-12-4-2-3-5-13(12)17/h2-8H,9H2,1H3. The SMILES string of the molecule is CC(=O)c1ccc2c(c1)oc(=O)n2Cc1ccccc1Cl. The summed E-state index contributed by atoms with van der Waals surface area (Å²) in [5, 5.41) is 0.596. The number of fused-ring (bicyclic) bond motifs is 1. The fourth-order valence-electron chi connectivity index (χ4n) is 2.23. The minimum atomic E-state index is -0.467. The third-order valence-corrected chi connectivity index (χ3v) is 3.73. The Balaban J connectivity index is 2.11. The van der Waals surface area contributed by atoms with Crippen LogP contribution < -0.4 is 5.76 Å². The van der Waals surface area contributed by atoms with E-state index in [9.17, 15) is 9.59 Å². The average molecular weight is 302 g/mol. The van der Waals surface area contributed by atoms with E-state index in [1.54, 1.807) is 24.3 Å². The molecule has 0 aliphatic heterocycles. The van der Waals surface area contributed by atoms with Gasteiger partial charge in [0.1, 0.15) is 0 Å². The van der Waals surface area contributed by atoms with Crippen molar-refractivity contribution in [1.82, 2.24) is 4.57 Å². The van der Waals surface area contributed by atoms with Crippen LogP contribution in [0.1, 0.15) is 22.8 Å². The summed E-state index contributed by atoms with van der Waals surface area (Å²) in [7, 11) is 0. The van der Waals surface area contributed by atoms with E-state index < -0.39 is 5.76 Å². The first-order chi connectivity index (χ1) is 10.1. The van der Waals surface area contributed by atoms with Crippen molar-refractivity contribution < 1.29 is 9.21 Å². The van der Waals surface area contributed by atoms with E-state index in [0.29, 0.717) is 28.2 Å². The van der Waals surface area contributed by atoms with Crippen LogP contribution >= 0.6 is 11.6 Å². The molecular weight excluding hydrogens is 290 g/mol. The Morgan fingerprint density at radius 1 is 1.24 bits per heavy atom. The van der Waals surface area contributed by atoms with Gasteiger partial charge in [-0.25, -0.2) is 4.79 Å². The number of carbonyl (C=O) groups excluding carboxylic acids is 1. The number of halogens is 1. The Kier molecular flexibility index (Phi) is 3.39. The molecule has 0 aliphatic carbocycles. The van der Waals surface area contributed by atoms with Crippen molar-refractivity contribution in [2.45, 2.75) is 13.5 Å². The van der Waals surface area contributed by atoms with Gasteiger partial charge in [-0.2, -0.15) is 0 Å². The fourth-order valence-corrected chi connectivity index (χ4v) is 2.43. The molecule has 0 saturated heterocycles. The van der Waals surface area contributed by atoms with Crippen LogP contribution in [0.3, 0.4) is 0 Å². The lowest BCUT2D eigenvalue weighted by molar-refractivity contribution is 0.101. The maximum Gasteiger partial charge on any atom is 0.420 e. The molecule has 0 bridgehead atoms. The van der Waals surface area contributed by atoms with Gasteiger partial charge >= 0.3 is 5.76 Å². The van der Waals surface area contributed by atoms with Crippen LogP contribution in [-0.2, 0) is 6.54 Å². The summed E-state index contributed by atoms with van der Waals surface area (Å²) in [5.41, 5.74) is 2.39. The van der Waals surface area contributed by atoms with Crippen LogP contribution in [0, 0.1) is 0 Å².